The van der Waals surface area contributed by atoms with Gasteiger partial charge >= 0.3 is 12.4 Å². The summed E-state index contributed by atoms with van der Waals surface area (Å²) >= 11 is 0. The number of carbonyl (C=O) groups excluding carboxylic acids is 1. The van der Waals surface area contributed by atoms with Crippen LogP contribution in [0.25, 0.3) is 0 Å². The van der Waals surface area contributed by atoms with Gasteiger partial charge < -0.3 is 5.32 Å². The number of aromatic nitrogens is 1. The van der Waals surface area contributed by atoms with Crippen molar-refractivity contribution in [1.82, 2.24) is 10.3 Å². The Labute approximate surface area is 134 Å². The quantitative estimate of drug-likeness (QED) is 0.807. The van der Waals surface area contributed by atoms with Gasteiger partial charge in [0.05, 0.1) is 17.2 Å². The number of nitrogens with zero attached hydrogens (tertiary/aromatic N) is 1. The fraction of sp³-hybridized carbons (Fsp3) is 0.600. The molecular weight excluding hydrogens is 338 g/mol. The van der Waals surface area contributed by atoms with Gasteiger partial charge in [0, 0.05) is 6.04 Å². The molecule has 2 rings (SSSR count). The van der Waals surface area contributed by atoms with Gasteiger partial charge in [0.1, 0.15) is 5.69 Å². The van der Waals surface area contributed by atoms with E-state index in [4.69, 9.17) is 0 Å². The largest absolute Gasteiger partial charge is 0.433 e. The van der Waals surface area contributed by atoms with E-state index in [2.05, 4.69) is 10.3 Å². The van der Waals surface area contributed by atoms with E-state index in [0.29, 0.717) is 18.9 Å². The van der Waals surface area contributed by atoms with E-state index < -0.39 is 35.9 Å². The molecule has 9 heteroatoms. The number of halogens is 6. The van der Waals surface area contributed by atoms with Crippen molar-refractivity contribution in [1.29, 1.82) is 0 Å². The lowest BCUT2D eigenvalue weighted by Gasteiger charge is -2.31. The predicted octanol–water partition coefficient (Wildman–Crippen LogP) is 4.26. The molecule has 134 valence electrons. The first kappa shape index (κ1) is 18.5. The van der Waals surface area contributed by atoms with Crippen molar-refractivity contribution < 1.29 is 31.1 Å². The van der Waals surface area contributed by atoms with Crippen LogP contribution in [0.5, 0.6) is 0 Å². The molecule has 1 aliphatic carbocycles. The van der Waals surface area contributed by atoms with Crippen LogP contribution in [0.2, 0.25) is 0 Å². The Morgan fingerprint density at radius 3 is 2.38 bits per heavy atom. The number of alkyl halides is 6. The Bertz CT molecular complexity index is 611. The van der Waals surface area contributed by atoms with E-state index in [0.717, 1.165) is 6.07 Å². The number of pyridine rings is 1. The molecule has 1 aromatic rings. The molecule has 2 atom stereocenters. The molecule has 1 amide bonds. The summed E-state index contributed by atoms with van der Waals surface area (Å²) in [6.45, 7) is 1.25. The van der Waals surface area contributed by atoms with Crippen LogP contribution in [0.3, 0.4) is 0 Å². The Morgan fingerprint density at radius 2 is 1.83 bits per heavy atom. The lowest BCUT2D eigenvalue weighted by atomic mass is 9.85. The van der Waals surface area contributed by atoms with Crippen molar-refractivity contribution in [3.05, 3.63) is 29.1 Å². The van der Waals surface area contributed by atoms with Gasteiger partial charge in [-0.1, -0.05) is 6.42 Å². The third-order valence-corrected chi connectivity index (χ3v) is 4.09. The first-order valence-electron chi connectivity index (χ1n) is 7.41. The first-order valence-corrected chi connectivity index (χ1v) is 7.41. The van der Waals surface area contributed by atoms with Crippen LogP contribution in [-0.4, -0.2) is 23.1 Å². The van der Waals surface area contributed by atoms with E-state index in [-0.39, 0.29) is 24.1 Å². The molecule has 0 saturated heterocycles. The minimum Gasteiger partial charge on any atom is -0.349 e. The van der Waals surface area contributed by atoms with Gasteiger partial charge in [-0.25, -0.2) is 4.98 Å². The number of nitrogens with one attached hydrogen (secondary N) is 1. The maximum Gasteiger partial charge on any atom is 0.433 e. The summed E-state index contributed by atoms with van der Waals surface area (Å²) in [6.07, 6.45) is -8.39. The summed E-state index contributed by atoms with van der Waals surface area (Å²) in [5.41, 5.74) is -1.31. The van der Waals surface area contributed by atoms with Crippen molar-refractivity contribution in [3.8, 4) is 0 Å². The third-order valence-electron chi connectivity index (χ3n) is 4.09. The van der Waals surface area contributed by atoms with E-state index >= 15 is 0 Å². The van der Waals surface area contributed by atoms with E-state index in [1.54, 1.807) is 0 Å². The fourth-order valence-electron chi connectivity index (χ4n) is 2.84. The Hall–Kier alpha value is -1.80. The highest BCUT2D eigenvalue weighted by Gasteiger charge is 2.42. The molecule has 3 nitrogen and oxygen atoms in total. The zero-order valence-corrected chi connectivity index (χ0v) is 12.8. The first-order chi connectivity index (χ1) is 11.0. The summed E-state index contributed by atoms with van der Waals surface area (Å²) in [5, 5.41) is 2.48. The predicted molar refractivity (Wildman–Crippen MR) is 73.2 cm³/mol. The summed E-state index contributed by atoms with van der Waals surface area (Å²) in [7, 11) is 0. The molecule has 0 bridgehead atoms. The number of amides is 1. The number of hydrogen-bond acceptors (Lipinski definition) is 2. The number of carbonyl (C=O) groups is 1. The Kier molecular flexibility index (Phi) is 5.10. The van der Waals surface area contributed by atoms with Crippen LogP contribution in [0.15, 0.2) is 12.1 Å². The summed E-state index contributed by atoms with van der Waals surface area (Å²) in [5.74, 6) is -2.18. The number of hydrogen-bond donors (Lipinski definition) is 1. The molecular formula is C15H16F6N2O. The van der Waals surface area contributed by atoms with Crippen molar-refractivity contribution in [3.63, 3.8) is 0 Å². The van der Waals surface area contributed by atoms with Gasteiger partial charge in [-0.05, 0) is 38.3 Å². The average molecular weight is 354 g/mol. The lowest BCUT2D eigenvalue weighted by molar-refractivity contribution is -0.183. The van der Waals surface area contributed by atoms with Crippen LogP contribution in [-0.2, 0) is 6.18 Å². The number of aryl methyl sites for hydroxylation is 1. The molecule has 1 saturated carbocycles. The van der Waals surface area contributed by atoms with Crippen LogP contribution >= 0.6 is 0 Å². The van der Waals surface area contributed by atoms with E-state index in [1.807, 2.05) is 0 Å². The third kappa shape index (κ3) is 4.39. The van der Waals surface area contributed by atoms with Crippen LogP contribution < -0.4 is 5.32 Å². The van der Waals surface area contributed by atoms with Gasteiger partial charge in [0.2, 0.25) is 0 Å². The molecule has 1 N–H and O–H groups in total. The highest BCUT2D eigenvalue weighted by molar-refractivity contribution is 5.95. The maximum atomic E-state index is 12.8. The zero-order valence-electron chi connectivity index (χ0n) is 12.8. The molecule has 24 heavy (non-hydrogen) atoms. The molecule has 0 spiro atoms. The van der Waals surface area contributed by atoms with Crippen LogP contribution in [0, 0.1) is 12.8 Å². The maximum absolute atomic E-state index is 12.8. The smallest absolute Gasteiger partial charge is 0.349 e. The molecule has 1 aromatic heterocycles. The molecule has 1 fully saturated rings. The molecule has 1 heterocycles. The second-order valence-electron chi connectivity index (χ2n) is 5.90. The summed E-state index contributed by atoms with van der Waals surface area (Å²) in [4.78, 5) is 15.5. The van der Waals surface area contributed by atoms with Crippen LogP contribution in [0.4, 0.5) is 26.3 Å². The van der Waals surface area contributed by atoms with Gasteiger partial charge in [0.15, 0.2) is 0 Å². The molecule has 0 aromatic carbocycles. The highest BCUT2D eigenvalue weighted by atomic mass is 19.4. The monoisotopic (exact) mass is 354 g/mol. The standard InChI is InChI=1S/C15H16F6N2O/c1-8-11(5-6-12(22-8)15(19,20)21)13(24)23-10-4-2-3-9(7-10)14(16,17)18/h5-6,9-10H,2-4,7H2,1H3,(H,23,24). The topological polar surface area (TPSA) is 42.0 Å². The molecule has 0 aliphatic heterocycles. The van der Waals surface area contributed by atoms with Gasteiger partial charge in [-0.2, -0.15) is 26.3 Å². The van der Waals surface area contributed by atoms with Crippen molar-refractivity contribution in [2.45, 2.75) is 51.0 Å². The molecule has 2 unspecified atom stereocenters. The van der Waals surface area contributed by atoms with Crippen molar-refractivity contribution >= 4 is 5.91 Å². The van der Waals surface area contributed by atoms with Gasteiger partial charge in [0.25, 0.3) is 5.91 Å². The van der Waals surface area contributed by atoms with Crippen molar-refractivity contribution in [2.24, 2.45) is 5.92 Å². The van der Waals surface area contributed by atoms with Gasteiger partial charge in [-0.3, -0.25) is 4.79 Å². The second kappa shape index (κ2) is 6.60. The lowest BCUT2D eigenvalue weighted by Crippen LogP contribution is -2.41. The SMILES string of the molecule is Cc1nc(C(F)(F)F)ccc1C(=O)NC1CCCC(C(F)(F)F)C1. The summed E-state index contributed by atoms with van der Waals surface area (Å²) < 4.78 is 76.0. The van der Waals surface area contributed by atoms with E-state index in [9.17, 15) is 31.1 Å². The van der Waals surface area contributed by atoms with Gasteiger partial charge in [-0.15, -0.1) is 0 Å². The normalized spacial score (nSPS) is 22.3. The zero-order chi connectivity index (χ0) is 18.1. The van der Waals surface area contributed by atoms with Crippen molar-refractivity contribution in [2.75, 3.05) is 0 Å². The second-order valence-corrected chi connectivity index (χ2v) is 5.90. The molecule has 0 radical (unpaired) electrons. The highest BCUT2D eigenvalue weighted by Crippen LogP contribution is 2.37. The summed E-state index contributed by atoms with van der Waals surface area (Å²) in [6, 6.07) is 1.02. The minimum absolute atomic E-state index is 0.0245. The Balaban J connectivity index is 2.07. The molecule has 1 aliphatic rings. The number of rotatable bonds is 2. The Morgan fingerprint density at radius 1 is 1.17 bits per heavy atom. The average Bonchev–Trinajstić information content (AvgIpc) is 2.45. The fourth-order valence-corrected chi connectivity index (χ4v) is 2.84. The van der Waals surface area contributed by atoms with E-state index in [1.165, 1.54) is 6.92 Å². The van der Waals surface area contributed by atoms with Crippen LogP contribution in [0.1, 0.15) is 47.4 Å². The minimum atomic E-state index is -4.62.